The molecular formula is C17H14N4O3S. The minimum atomic E-state index is -0.614. The molecule has 126 valence electrons. The van der Waals surface area contributed by atoms with Gasteiger partial charge >= 0.3 is 0 Å². The third-order valence-corrected chi connectivity index (χ3v) is 5.43. The highest BCUT2D eigenvalue weighted by atomic mass is 32.2. The summed E-state index contributed by atoms with van der Waals surface area (Å²) in [5.41, 5.74) is 1.40. The monoisotopic (exact) mass is 354 g/mol. The zero-order chi connectivity index (χ0) is 17.3. The highest BCUT2D eigenvalue weighted by molar-refractivity contribution is 8.01. The van der Waals surface area contributed by atoms with Crippen LogP contribution in [0.3, 0.4) is 0 Å². The summed E-state index contributed by atoms with van der Waals surface area (Å²) in [6.45, 7) is 0. The molecule has 0 spiro atoms. The molecule has 1 aliphatic carbocycles. The molecule has 8 heteroatoms. The normalized spacial score (nSPS) is 14.9. The lowest BCUT2D eigenvalue weighted by Crippen LogP contribution is -2.27. The number of carbonyl (C=O) groups excluding carboxylic acids is 2. The Morgan fingerprint density at radius 2 is 2.04 bits per heavy atom. The van der Waals surface area contributed by atoms with Crippen molar-refractivity contribution in [2.75, 3.05) is 5.32 Å². The summed E-state index contributed by atoms with van der Waals surface area (Å²) in [7, 11) is 0. The fourth-order valence-electron chi connectivity index (χ4n) is 2.46. The second kappa shape index (κ2) is 6.21. The number of nitrogens with zero attached hydrogens (tertiary/aromatic N) is 3. The smallest absolute Gasteiger partial charge is 0.241 e. The molecule has 0 aliphatic heterocycles. The van der Waals surface area contributed by atoms with Crippen molar-refractivity contribution in [2.24, 2.45) is 0 Å². The molecule has 1 saturated carbocycles. The van der Waals surface area contributed by atoms with Gasteiger partial charge in [0.15, 0.2) is 11.0 Å². The standard InChI is InChI=1S/C17H14N4O3S/c22-11-21-14(12-6-9-24-10-12)19-20-16(21)25-17(7-8-17)15(23)18-13-4-2-1-3-5-13/h1-6,9-11H,7-8H2,(H,18,23). The first-order valence-corrected chi connectivity index (χ1v) is 8.52. The summed E-state index contributed by atoms with van der Waals surface area (Å²) < 4.78 is 5.75. The number of rotatable bonds is 6. The van der Waals surface area contributed by atoms with Gasteiger partial charge in [-0.15, -0.1) is 10.2 Å². The van der Waals surface area contributed by atoms with Gasteiger partial charge in [0.2, 0.25) is 12.3 Å². The number of thioether (sulfide) groups is 1. The van der Waals surface area contributed by atoms with Gasteiger partial charge in [0.25, 0.3) is 0 Å². The summed E-state index contributed by atoms with van der Waals surface area (Å²) in [6.07, 6.45) is 5.09. The summed E-state index contributed by atoms with van der Waals surface area (Å²) in [5, 5.41) is 11.4. The van der Waals surface area contributed by atoms with Crippen molar-refractivity contribution in [2.45, 2.75) is 22.7 Å². The summed E-state index contributed by atoms with van der Waals surface area (Å²) in [4.78, 5) is 24.2. The molecule has 2 aromatic heterocycles. The first-order valence-electron chi connectivity index (χ1n) is 7.70. The zero-order valence-corrected chi connectivity index (χ0v) is 13.9. The van der Waals surface area contributed by atoms with Gasteiger partial charge in [-0.25, -0.2) is 4.57 Å². The molecule has 2 heterocycles. The maximum atomic E-state index is 12.6. The quantitative estimate of drug-likeness (QED) is 0.685. The Bertz CT molecular complexity index is 901. The highest BCUT2D eigenvalue weighted by Gasteiger charge is 2.52. The van der Waals surface area contributed by atoms with E-state index in [9.17, 15) is 9.59 Å². The maximum absolute atomic E-state index is 12.6. The van der Waals surface area contributed by atoms with E-state index >= 15 is 0 Å². The van der Waals surface area contributed by atoms with Crippen LogP contribution in [0.2, 0.25) is 0 Å². The fraction of sp³-hybridized carbons (Fsp3) is 0.176. The van der Waals surface area contributed by atoms with E-state index in [-0.39, 0.29) is 5.91 Å². The van der Waals surface area contributed by atoms with Crippen molar-refractivity contribution in [3.8, 4) is 11.4 Å². The maximum Gasteiger partial charge on any atom is 0.241 e. The van der Waals surface area contributed by atoms with E-state index in [0.29, 0.717) is 23.0 Å². The molecule has 0 atom stereocenters. The van der Waals surface area contributed by atoms with Gasteiger partial charge < -0.3 is 9.73 Å². The topological polar surface area (TPSA) is 90.0 Å². The molecule has 7 nitrogen and oxygen atoms in total. The van der Waals surface area contributed by atoms with Crippen molar-refractivity contribution in [1.29, 1.82) is 0 Å². The fourth-order valence-corrected chi connectivity index (χ4v) is 3.57. The minimum Gasteiger partial charge on any atom is -0.472 e. The van der Waals surface area contributed by atoms with Crippen molar-refractivity contribution in [3.63, 3.8) is 0 Å². The van der Waals surface area contributed by atoms with Crippen molar-refractivity contribution in [3.05, 3.63) is 48.9 Å². The van der Waals surface area contributed by atoms with Gasteiger partial charge in [0.1, 0.15) is 11.0 Å². The Hall–Kier alpha value is -2.87. The molecule has 0 saturated heterocycles. The largest absolute Gasteiger partial charge is 0.472 e. The van der Waals surface area contributed by atoms with Crippen LogP contribution in [0.5, 0.6) is 0 Å². The van der Waals surface area contributed by atoms with Crippen LogP contribution in [-0.4, -0.2) is 31.8 Å². The van der Waals surface area contributed by atoms with Crippen LogP contribution in [0, 0.1) is 0 Å². The van der Waals surface area contributed by atoms with Crippen molar-refractivity contribution < 1.29 is 14.0 Å². The van der Waals surface area contributed by atoms with Crippen LogP contribution in [0.15, 0.2) is 58.5 Å². The summed E-state index contributed by atoms with van der Waals surface area (Å²) in [5.74, 6) is 0.305. The number of aromatic nitrogens is 3. The minimum absolute atomic E-state index is 0.0889. The summed E-state index contributed by atoms with van der Waals surface area (Å²) in [6, 6.07) is 11.0. The Balaban J connectivity index is 1.56. The molecule has 1 fully saturated rings. The second-order valence-corrected chi connectivity index (χ2v) is 7.06. The number of furan rings is 1. The lowest BCUT2D eigenvalue weighted by molar-refractivity contribution is -0.116. The molecule has 25 heavy (non-hydrogen) atoms. The number of hydrogen-bond acceptors (Lipinski definition) is 6. The molecule has 1 aliphatic rings. The lowest BCUT2D eigenvalue weighted by atomic mass is 10.3. The van der Waals surface area contributed by atoms with E-state index in [4.69, 9.17) is 4.42 Å². The van der Waals surface area contributed by atoms with E-state index in [1.165, 1.54) is 28.9 Å². The predicted octanol–water partition coefficient (Wildman–Crippen LogP) is 2.84. The van der Waals surface area contributed by atoms with Gasteiger partial charge in [-0.1, -0.05) is 30.0 Å². The van der Waals surface area contributed by atoms with E-state index in [1.807, 2.05) is 30.3 Å². The molecule has 3 aromatic rings. The molecule has 0 radical (unpaired) electrons. The third kappa shape index (κ3) is 2.96. The first-order chi connectivity index (χ1) is 12.2. The van der Waals surface area contributed by atoms with Crippen molar-refractivity contribution in [1.82, 2.24) is 14.8 Å². The zero-order valence-electron chi connectivity index (χ0n) is 13.1. The molecule has 1 N–H and O–H groups in total. The Labute approximate surface area is 147 Å². The number of nitrogens with one attached hydrogen (secondary N) is 1. The number of hydrogen-bond donors (Lipinski definition) is 1. The Morgan fingerprint density at radius 3 is 2.68 bits per heavy atom. The molecule has 4 rings (SSSR count). The third-order valence-electron chi connectivity index (χ3n) is 3.99. The van der Waals surface area contributed by atoms with E-state index in [1.54, 1.807) is 6.07 Å². The van der Waals surface area contributed by atoms with Gasteiger partial charge in [-0.2, -0.15) is 0 Å². The SMILES string of the molecule is O=Cn1c(SC2(C(=O)Nc3ccccc3)CC2)nnc1-c1ccoc1. The van der Waals surface area contributed by atoms with Gasteiger partial charge in [-0.05, 0) is 31.0 Å². The van der Waals surface area contributed by atoms with Crippen LogP contribution >= 0.6 is 11.8 Å². The Morgan fingerprint density at radius 1 is 1.24 bits per heavy atom. The first kappa shape index (κ1) is 15.6. The molecule has 1 aromatic carbocycles. The predicted molar refractivity (Wildman–Crippen MR) is 92.8 cm³/mol. The number of para-hydroxylation sites is 1. The molecule has 0 bridgehead atoms. The summed E-state index contributed by atoms with van der Waals surface area (Å²) >= 11 is 1.27. The van der Waals surface area contributed by atoms with E-state index < -0.39 is 4.75 Å². The number of carbonyl (C=O) groups is 2. The lowest BCUT2D eigenvalue weighted by Gasteiger charge is -2.14. The molecule has 0 unspecified atom stereocenters. The van der Waals surface area contributed by atoms with Crippen molar-refractivity contribution >= 4 is 29.8 Å². The highest BCUT2D eigenvalue weighted by Crippen LogP contribution is 2.52. The average molecular weight is 354 g/mol. The van der Waals surface area contributed by atoms with Crippen LogP contribution in [0.1, 0.15) is 12.8 Å². The van der Waals surface area contributed by atoms with Crippen LogP contribution in [0.25, 0.3) is 11.4 Å². The number of anilines is 1. The van der Waals surface area contributed by atoms with Gasteiger partial charge in [0, 0.05) is 5.69 Å². The van der Waals surface area contributed by atoms with Crippen LogP contribution in [0.4, 0.5) is 5.69 Å². The van der Waals surface area contributed by atoms with E-state index in [0.717, 1.165) is 18.5 Å². The Kier molecular flexibility index (Phi) is 3.89. The molecular weight excluding hydrogens is 340 g/mol. The second-order valence-electron chi connectivity index (χ2n) is 5.71. The van der Waals surface area contributed by atoms with Gasteiger partial charge in [0.05, 0.1) is 11.8 Å². The van der Waals surface area contributed by atoms with Crippen LogP contribution < -0.4 is 5.32 Å². The molecule has 1 amide bonds. The van der Waals surface area contributed by atoms with Crippen LogP contribution in [-0.2, 0) is 9.59 Å². The number of amides is 1. The number of benzene rings is 1. The van der Waals surface area contributed by atoms with Gasteiger partial charge in [-0.3, -0.25) is 9.59 Å². The van der Waals surface area contributed by atoms with E-state index in [2.05, 4.69) is 15.5 Å². The average Bonchev–Trinajstić information content (AvgIpc) is 3.05.